The minimum Gasteiger partial charge on any atom is -0.244 e. The van der Waals surface area contributed by atoms with E-state index in [1.807, 2.05) is 0 Å². The summed E-state index contributed by atoms with van der Waals surface area (Å²) in [6, 6.07) is 4.36. The molecule has 0 fully saturated rings. The second-order valence-electron chi connectivity index (χ2n) is 2.93. The average Bonchev–Trinajstić information content (AvgIpc) is 2.27. The van der Waals surface area contributed by atoms with E-state index >= 15 is 0 Å². The fourth-order valence-corrected chi connectivity index (χ4v) is 1.30. The average molecular weight is 236 g/mol. The zero-order valence-electron chi connectivity index (χ0n) is 8.21. The van der Waals surface area contributed by atoms with Gasteiger partial charge in [-0.2, -0.15) is 29.0 Å². The first-order chi connectivity index (χ1) is 7.95. The van der Waals surface area contributed by atoms with Crippen molar-refractivity contribution in [1.82, 2.24) is 4.98 Å². The standard InChI is InChI=1S/C10H3F3N4/c11-10(12,13)9-7(1-2-14)6(3-15)5-17-8(9)4-16/h5H,1H2. The Balaban J connectivity index is 3.69. The first-order valence-electron chi connectivity index (χ1n) is 4.22. The Morgan fingerprint density at radius 1 is 1.18 bits per heavy atom. The van der Waals surface area contributed by atoms with Crippen molar-refractivity contribution in [3.05, 3.63) is 28.6 Å². The summed E-state index contributed by atoms with van der Waals surface area (Å²) in [6.07, 6.45) is -4.56. The Bertz CT molecular complexity index is 569. The molecule has 0 radical (unpaired) electrons. The van der Waals surface area contributed by atoms with Crippen molar-refractivity contribution in [1.29, 1.82) is 15.8 Å². The van der Waals surface area contributed by atoms with Crippen LogP contribution in [0.3, 0.4) is 0 Å². The van der Waals surface area contributed by atoms with Crippen LogP contribution in [-0.4, -0.2) is 4.98 Å². The second-order valence-corrected chi connectivity index (χ2v) is 2.93. The lowest BCUT2D eigenvalue weighted by Crippen LogP contribution is -2.14. The molecule has 0 unspecified atom stereocenters. The molecule has 0 N–H and O–H groups in total. The van der Waals surface area contributed by atoms with Crippen molar-refractivity contribution < 1.29 is 13.2 Å². The molecule has 0 aliphatic carbocycles. The normalized spacial score (nSPS) is 10.1. The van der Waals surface area contributed by atoms with Crippen LogP contribution in [0.15, 0.2) is 6.20 Å². The van der Waals surface area contributed by atoms with Gasteiger partial charge in [-0.3, -0.25) is 0 Å². The molecule has 0 aliphatic heterocycles. The summed E-state index contributed by atoms with van der Waals surface area (Å²) in [5.74, 6) is 0. The highest BCUT2D eigenvalue weighted by Crippen LogP contribution is 2.35. The third kappa shape index (κ3) is 2.32. The molecule has 0 bridgehead atoms. The SMILES string of the molecule is N#CCc1c(C#N)cnc(C#N)c1C(F)(F)F. The molecule has 0 spiro atoms. The summed E-state index contributed by atoms with van der Waals surface area (Å²) < 4.78 is 38.2. The van der Waals surface area contributed by atoms with E-state index in [0.717, 1.165) is 6.20 Å². The van der Waals surface area contributed by atoms with Crippen LogP contribution in [0.4, 0.5) is 13.2 Å². The number of nitriles is 3. The highest BCUT2D eigenvalue weighted by Gasteiger charge is 2.38. The van der Waals surface area contributed by atoms with E-state index in [9.17, 15) is 13.2 Å². The number of hydrogen-bond donors (Lipinski definition) is 0. The molecule has 0 aliphatic rings. The number of halogens is 3. The Morgan fingerprint density at radius 2 is 1.82 bits per heavy atom. The first-order valence-corrected chi connectivity index (χ1v) is 4.22. The van der Waals surface area contributed by atoms with E-state index in [2.05, 4.69) is 4.98 Å². The van der Waals surface area contributed by atoms with E-state index in [4.69, 9.17) is 15.8 Å². The number of nitrogens with zero attached hydrogens (tertiary/aromatic N) is 4. The smallest absolute Gasteiger partial charge is 0.244 e. The van der Waals surface area contributed by atoms with Gasteiger partial charge in [-0.15, -0.1) is 0 Å². The highest BCUT2D eigenvalue weighted by atomic mass is 19.4. The highest BCUT2D eigenvalue weighted by molar-refractivity contribution is 5.49. The van der Waals surface area contributed by atoms with Gasteiger partial charge in [0.2, 0.25) is 0 Å². The van der Waals surface area contributed by atoms with Gasteiger partial charge in [0.1, 0.15) is 12.1 Å². The summed E-state index contributed by atoms with van der Waals surface area (Å²) >= 11 is 0. The lowest BCUT2D eigenvalue weighted by Gasteiger charge is -2.12. The molecule has 84 valence electrons. The summed E-state index contributed by atoms with van der Waals surface area (Å²) in [7, 11) is 0. The van der Waals surface area contributed by atoms with Gasteiger partial charge >= 0.3 is 6.18 Å². The molecule has 0 aromatic carbocycles. The fraction of sp³-hybridized carbons (Fsp3) is 0.200. The Kier molecular flexibility index (Phi) is 3.31. The van der Waals surface area contributed by atoms with E-state index in [0.29, 0.717) is 0 Å². The molecule has 1 rings (SSSR count). The third-order valence-electron chi connectivity index (χ3n) is 1.95. The number of alkyl halides is 3. The Labute approximate surface area is 94.2 Å². The van der Waals surface area contributed by atoms with Gasteiger partial charge in [0.15, 0.2) is 5.69 Å². The predicted octanol–water partition coefficient (Wildman–Crippen LogP) is 1.91. The molecule has 0 saturated carbocycles. The Morgan fingerprint density at radius 3 is 2.24 bits per heavy atom. The molecular formula is C10H3F3N4. The Hall–Kier alpha value is -2.59. The van der Waals surface area contributed by atoms with Crippen LogP contribution in [0.25, 0.3) is 0 Å². The number of hydrogen-bond acceptors (Lipinski definition) is 4. The maximum absolute atomic E-state index is 12.7. The first kappa shape index (κ1) is 12.5. The second kappa shape index (κ2) is 4.51. The predicted molar refractivity (Wildman–Crippen MR) is 48.0 cm³/mol. The van der Waals surface area contributed by atoms with Crippen LogP contribution in [-0.2, 0) is 12.6 Å². The van der Waals surface area contributed by atoms with Crippen molar-refractivity contribution in [2.24, 2.45) is 0 Å². The van der Waals surface area contributed by atoms with Crippen LogP contribution in [0.5, 0.6) is 0 Å². The van der Waals surface area contributed by atoms with E-state index in [1.165, 1.54) is 18.2 Å². The molecule has 1 aromatic heterocycles. The van der Waals surface area contributed by atoms with Gasteiger partial charge in [0.25, 0.3) is 0 Å². The zero-order valence-corrected chi connectivity index (χ0v) is 8.21. The number of aromatic nitrogens is 1. The number of pyridine rings is 1. The molecule has 7 heteroatoms. The van der Waals surface area contributed by atoms with Crippen LogP contribution < -0.4 is 0 Å². The monoisotopic (exact) mass is 236 g/mol. The van der Waals surface area contributed by atoms with Gasteiger partial charge in [0, 0.05) is 11.8 Å². The largest absolute Gasteiger partial charge is 0.419 e. The lowest BCUT2D eigenvalue weighted by atomic mass is 9.99. The summed E-state index contributed by atoms with van der Waals surface area (Å²) in [5.41, 5.74) is -2.99. The topological polar surface area (TPSA) is 84.3 Å². The van der Waals surface area contributed by atoms with Crippen molar-refractivity contribution in [2.45, 2.75) is 12.6 Å². The van der Waals surface area contributed by atoms with Gasteiger partial charge in [0.05, 0.1) is 23.6 Å². The fourth-order valence-electron chi connectivity index (χ4n) is 1.30. The van der Waals surface area contributed by atoms with Gasteiger partial charge in [-0.05, 0) is 0 Å². The van der Waals surface area contributed by atoms with Crippen molar-refractivity contribution in [2.75, 3.05) is 0 Å². The van der Waals surface area contributed by atoms with Crippen molar-refractivity contribution in [3.63, 3.8) is 0 Å². The molecule has 0 amide bonds. The molecule has 4 nitrogen and oxygen atoms in total. The molecule has 0 atom stereocenters. The molecule has 17 heavy (non-hydrogen) atoms. The molecule has 1 heterocycles. The van der Waals surface area contributed by atoms with Crippen LogP contribution in [0.2, 0.25) is 0 Å². The van der Waals surface area contributed by atoms with Crippen molar-refractivity contribution in [3.8, 4) is 18.2 Å². The summed E-state index contributed by atoms with van der Waals surface area (Å²) in [6.45, 7) is 0. The summed E-state index contributed by atoms with van der Waals surface area (Å²) in [5, 5.41) is 25.7. The lowest BCUT2D eigenvalue weighted by molar-refractivity contribution is -0.138. The van der Waals surface area contributed by atoms with E-state index < -0.39 is 29.4 Å². The maximum atomic E-state index is 12.7. The van der Waals surface area contributed by atoms with Crippen LogP contribution in [0, 0.1) is 34.0 Å². The zero-order chi connectivity index (χ0) is 13.1. The van der Waals surface area contributed by atoms with Crippen LogP contribution >= 0.6 is 0 Å². The minimum absolute atomic E-state index is 0.349. The van der Waals surface area contributed by atoms with E-state index in [-0.39, 0.29) is 5.56 Å². The van der Waals surface area contributed by atoms with E-state index in [1.54, 1.807) is 0 Å². The minimum atomic E-state index is -4.82. The van der Waals surface area contributed by atoms with Gasteiger partial charge in [-0.1, -0.05) is 0 Å². The third-order valence-corrected chi connectivity index (χ3v) is 1.95. The molecular weight excluding hydrogens is 233 g/mol. The maximum Gasteiger partial charge on any atom is 0.419 e. The quantitative estimate of drug-likeness (QED) is 0.745. The van der Waals surface area contributed by atoms with Crippen LogP contribution in [0.1, 0.15) is 22.4 Å². The number of rotatable bonds is 1. The van der Waals surface area contributed by atoms with Crippen molar-refractivity contribution >= 4 is 0 Å². The van der Waals surface area contributed by atoms with Gasteiger partial charge < -0.3 is 0 Å². The molecule has 0 saturated heterocycles. The van der Waals surface area contributed by atoms with Gasteiger partial charge in [-0.25, -0.2) is 4.98 Å². The summed E-state index contributed by atoms with van der Waals surface area (Å²) in [4.78, 5) is 3.26. The molecule has 1 aromatic rings.